The standard InChI is InChI=1S/C25H28N4O3/c1-23(2)11-16-12-24(3,13-23)19-25(20(30)27-22(32)28(4)21(25)31)10-15-9-14-7-5-6-8-17(14)26-18(15)29(16)19/h5-9,16,19H,10-13H2,1-4H3,(H,27,30,32)/t16-,19+,24-,25-/m0/s1. The zero-order valence-electron chi connectivity index (χ0n) is 18.9. The molecule has 4 heterocycles. The number of amides is 4. The highest BCUT2D eigenvalue weighted by atomic mass is 16.2. The van der Waals surface area contributed by atoms with Crippen molar-refractivity contribution in [2.24, 2.45) is 16.2 Å². The Bertz CT molecular complexity index is 1220. The number of nitrogens with one attached hydrogen (secondary N) is 1. The van der Waals surface area contributed by atoms with Crippen molar-refractivity contribution in [2.75, 3.05) is 11.9 Å². The lowest BCUT2D eigenvalue weighted by Crippen LogP contribution is -2.72. The summed E-state index contributed by atoms with van der Waals surface area (Å²) in [6, 6.07) is 9.24. The molecule has 1 aromatic heterocycles. The number of rotatable bonds is 0. The number of carbonyl (C=O) groups excluding carboxylic acids is 3. The quantitative estimate of drug-likeness (QED) is 0.646. The molecule has 0 radical (unpaired) electrons. The molecule has 1 aliphatic carbocycles. The van der Waals surface area contributed by atoms with Crippen LogP contribution in [0.25, 0.3) is 10.9 Å². The number of barbiturate groups is 1. The van der Waals surface area contributed by atoms with Gasteiger partial charge < -0.3 is 4.90 Å². The Balaban J connectivity index is 1.65. The number of imide groups is 2. The minimum atomic E-state index is -1.34. The van der Waals surface area contributed by atoms with E-state index >= 15 is 0 Å². The van der Waals surface area contributed by atoms with Crippen molar-refractivity contribution in [1.82, 2.24) is 15.2 Å². The van der Waals surface area contributed by atoms with Crippen LogP contribution in [0.5, 0.6) is 0 Å². The molecule has 1 N–H and O–H groups in total. The minimum absolute atomic E-state index is 0.0864. The molecule has 3 aliphatic heterocycles. The second-order valence-corrected chi connectivity index (χ2v) is 11.3. The number of pyridine rings is 1. The number of anilines is 1. The van der Waals surface area contributed by atoms with Gasteiger partial charge >= 0.3 is 6.03 Å². The molecular weight excluding hydrogens is 404 g/mol. The molecule has 166 valence electrons. The molecule has 6 rings (SSSR count). The first-order chi connectivity index (χ1) is 15.1. The van der Waals surface area contributed by atoms with Gasteiger partial charge in [0.1, 0.15) is 5.82 Å². The summed E-state index contributed by atoms with van der Waals surface area (Å²) in [7, 11) is 1.47. The Hall–Kier alpha value is -2.96. The SMILES string of the molecule is CN1C(=O)NC(=O)[C@@]2(Cc3cc4ccccc4nc3N3[C@H]4CC(C)(C)C[C@](C)(C4)[C@@H]32)C1=O. The van der Waals surface area contributed by atoms with Crippen molar-refractivity contribution in [3.05, 3.63) is 35.9 Å². The first kappa shape index (κ1) is 19.7. The molecule has 0 unspecified atom stereocenters. The first-order valence-corrected chi connectivity index (χ1v) is 11.4. The Morgan fingerprint density at radius 3 is 2.62 bits per heavy atom. The van der Waals surface area contributed by atoms with Crippen molar-refractivity contribution >= 4 is 34.6 Å². The fraction of sp³-hybridized carbons (Fsp3) is 0.520. The van der Waals surface area contributed by atoms with Gasteiger partial charge in [0.25, 0.3) is 0 Å². The molecule has 3 fully saturated rings. The van der Waals surface area contributed by atoms with E-state index in [0.717, 1.165) is 46.4 Å². The fourth-order valence-electron chi connectivity index (χ4n) is 7.64. The third-order valence-corrected chi connectivity index (χ3v) is 8.28. The average molecular weight is 433 g/mol. The van der Waals surface area contributed by atoms with Gasteiger partial charge in [0.05, 0.1) is 11.6 Å². The molecule has 1 aromatic carbocycles. The predicted octanol–water partition coefficient (Wildman–Crippen LogP) is 3.26. The zero-order valence-corrected chi connectivity index (χ0v) is 18.9. The van der Waals surface area contributed by atoms with Crippen molar-refractivity contribution in [3.63, 3.8) is 0 Å². The number of para-hydroxylation sites is 1. The number of aromatic nitrogens is 1. The van der Waals surface area contributed by atoms with Crippen LogP contribution in [-0.4, -0.2) is 46.9 Å². The Labute approximate surface area is 187 Å². The molecule has 2 aromatic rings. The lowest BCUT2D eigenvalue weighted by atomic mass is 9.56. The number of urea groups is 1. The Morgan fingerprint density at radius 1 is 1.09 bits per heavy atom. The van der Waals surface area contributed by atoms with Crippen LogP contribution < -0.4 is 10.2 Å². The summed E-state index contributed by atoms with van der Waals surface area (Å²) >= 11 is 0. The smallest absolute Gasteiger partial charge is 0.330 e. The van der Waals surface area contributed by atoms with Gasteiger partial charge in [-0.25, -0.2) is 9.78 Å². The van der Waals surface area contributed by atoms with Gasteiger partial charge in [0.15, 0.2) is 5.41 Å². The van der Waals surface area contributed by atoms with Crippen LogP contribution in [0.4, 0.5) is 10.6 Å². The summed E-state index contributed by atoms with van der Waals surface area (Å²) < 4.78 is 0. The number of benzene rings is 1. The molecule has 2 bridgehead atoms. The highest BCUT2D eigenvalue weighted by Gasteiger charge is 2.71. The van der Waals surface area contributed by atoms with Crippen molar-refractivity contribution in [3.8, 4) is 0 Å². The number of carbonyl (C=O) groups is 3. The van der Waals surface area contributed by atoms with E-state index in [-0.39, 0.29) is 29.3 Å². The Kier molecular flexibility index (Phi) is 3.62. The fourth-order valence-corrected chi connectivity index (χ4v) is 7.64. The number of nitrogens with zero attached hydrogens (tertiary/aromatic N) is 3. The van der Waals surface area contributed by atoms with E-state index in [1.54, 1.807) is 0 Å². The monoisotopic (exact) mass is 432 g/mol. The molecule has 4 amide bonds. The van der Waals surface area contributed by atoms with Crippen LogP contribution in [0.2, 0.25) is 0 Å². The van der Waals surface area contributed by atoms with Crippen LogP contribution >= 0.6 is 0 Å². The average Bonchev–Trinajstić information content (AvgIpc) is 2.95. The predicted molar refractivity (Wildman–Crippen MR) is 120 cm³/mol. The summed E-state index contributed by atoms with van der Waals surface area (Å²) in [4.78, 5) is 48.2. The van der Waals surface area contributed by atoms with Crippen LogP contribution in [0, 0.1) is 16.2 Å². The number of hydrogen-bond acceptors (Lipinski definition) is 5. The van der Waals surface area contributed by atoms with E-state index < -0.39 is 23.3 Å². The van der Waals surface area contributed by atoms with Gasteiger partial charge in [0.2, 0.25) is 11.8 Å². The molecule has 4 aliphatic rings. The maximum absolute atomic E-state index is 13.8. The summed E-state index contributed by atoms with van der Waals surface area (Å²) in [5, 5.41) is 3.49. The van der Waals surface area contributed by atoms with Gasteiger partial charge in [-0.05, 0) is 47.8 Å². The van der Waals surface area contributed by atoms with Crippen molar-refractivity contribution < 1.29 is 14.4 Å². The van der Waals surface area contributed by atoms with E-state index in [4.69, 9.17) is 4.98 Å². The molecule has 1 saturated carbocycles. The van der Waals surface area contributed by atoms with Gasteiger partial charge in [-0.1, -0.05) is 39.0 Å². The number of hydrogen-bond donors (Lipinski definition) is 1. The maximum atomic E-state index is 13.8. The van der Waals surface area contributed by atoms with Crippen molar-refractivity contribution in [2.45, 2.75) is 58.5 Å². The highest BCUT2D eigenvalue weighted by molar-refractivity contribution is 6.20. The van der Waals surface area contributed by atoms with Crippen LogP contribution in [-0.2, 0) is 16.0 Å². The zero-order chi connectivity index (χ0) is 22.6. The first-order valence-electron chi connectivity index (χ1n) is 11.4. The maximum Gasteiger partial charge on any atom is 0.330 e. The normalized spacial score (nSPS) is 35.2. The van der Waals surface area contributed by atoms with Crippen LogP contribution in [0.1, 0.15) is 45.6 Å². The van der Waals surface area contributed by atoms with Gasteiger partial charge in [-0.2, -0.15) is 0 Å². The summed E-state index contributed by atoms with van der Waals surface area (Å²) in [6.45, 7) is 6.77. The van der Waals surface area contributed by atoms with E-state index in [0.29, 0.717) is 0 Å². The largest absolute Gasteiger partial charge is 0.348 e. The molecule has 2 saturated heterocycles. The van der Waals surface area contributed by atoms with Crippen LogP contribution in [0.15, 0.2) is 30.3 Å². The van der Waals surface area contributed by atoms with E-state index in [2.05, 4.69) is 37.1 Å². The van der Waals surface area contributed by atoms with E-state index in [1.807, 2.05) is 24.3 Å². The summed E-state index contributed by atoms with van der Waals surface area (Å²) in [6.07, 6.45) is 3.07. The van der Waals surface area contributed by atoms with Crippen molar-refractivity contribution in [1.29, 1.82) is 0 Å². The molecular formula is C25H28N4O3. The van der Waals surface area contributed by atoms with Gasteiger partial charge in [-0.3, -0.25) is 19.8 Å². The number of fused-ring (bicyclic) bond motifs is 9. The van der Waals surface area contributed by atoms with E-state index in [9.17, 15) is 14.4 Å². The third kappa shape index (κ3) is 2.31. The summed E-state index contributed by atoms with van der Waals surface area (Å²) in [5.41, 5.74) is 0.317. The molecule has 4 atom stereocenters. The molecule has 32 heavy (non-hydrogen) atoms. The van der Waals surface area contributed by atoms with Gasteiger partial charge in [-0.15, -0.1) is 0 Å². The van der Waals surface area contributed by atoms with Gasteiger partial charge in [0, 0.05) is 24.9 Å². The lowest BCUT2D eigenvalue weighted by molar-refractivity contribution is -0.155. The molecule has 7 heteroatoms. The third-order valence-electron chi connectivity index (χ3n) is 8.28. The topological polar surface area (TPSA) is 82.6 Å². The molecule has 7 nitrogen and oxygen atoms in total. The van der Waals surface area contributed by atoms with E-state index in [1.165, 1.54) is 7.05 Å². The molecule has 1 spiro atoms. The minimum Gasteiger partial charge on any atom is -0.348 e. The summed E-state index contributed by atoms with van der Waals surface area (Å²) in [5.74, 6) is 0.0310. The second kappa shape index (κ2) is 5.88. The lowest BCUT2D eigenvalue weighted by Gasteiger charge is -2.53. The highest BCUT2D eigenvalue weighted by Crippen LogP contribution is 2.63. The second-order valence-electron chi connectivity index (χ2n) is 11.3. The Morgan fingerprint density at radius 2 is 1.84 bits per heavy atom. The van der Waals surface area contributed by atoms with Crippen LogP contribution in [0.3, 0.4) is 0 Å².